The largest absolute Gasteiger partial charge is 0.495 e. The Balaban J connectivity index is 1.98. The molecule has 0 aromatic heterocycles. The SMILES string of the molecule is COc1ccccc1N1CCN(C(C)C(C)C(=O)O)CC1. The highest BCUT2D eigenvalue weighted by Crippen LogP contribution is 2.28. The second-order valence-corrected chi connectivity index (χ2v) is 5.56. The molecule has 0 bridgehead atoms. The highest BCUT2D eigenvalue weighted by atomic mass is 16.5. The van der Waals surface area contributed by atoms with Crippen LogP contribution in [0.1, 0.15) is 13.8 Å². The van der Waals surface area contributed by atoms with E-state index in [0.29, 0.717) is 0 Å². The summed E-state index contributed by atoms with van der Waals surface area (Å²) in [5.41, 5.74) is 1.11. The molecule has 1 aromatic rings. The molecule has 1 fully saturated rings. The van der Waals surface area contributed by atoms with Crippen molar-refractivity contribution in [3.05, 3.63) is 24.3 Å². The van der Waals surface area contributed by atoms with E-state index in [9.17, 15) is 4.79 Å². The van der Waals surface area contributed by atoms with Crippen LogP contribution in [0.3, 0.4) is 0 Å². The lowest BCUT2D eigenvalue weighted by atomic mass is 10.0. The fraction of sp³-hybridized carbons (Fsp3) is 0.562. The predicted molar refractivity (Wildman–Crippen MR) is 83.0 cm³/mol. The van der Waals surface area contributed by atoms with E-state index in [4.69, 9.17) is 9.84 Å². The van der Waals surface area contributed by atoms with Gasteiger partial charge in [-0.3, -0.25) is 9.69 Å². The van der Waals surface area contributed by atoms with E-state index >= 15 is 0 Å². The average molecular weight is 292 g/mol. The van der Waals surface area contributed by atoms with Crippen molar-refractivity contribution in [2.75, 3.05) is 38.2 Å². The Morgan fingerprint density at radius 3 is 2.38 bits per heavy atom. The van der Waals surface area contributed by atoms with Gasteiger partial charge in [0.1, 0.15) is 5.75 Å². The van der Waals surface area contributed by atoms with Crippen molar-refractivity contribution in [3.63, 3.8) is 0 Å². The first-order valence-electron chi connectivity index (χ1n) is 7.39. The van der Waals surface area contributed by atoms with Crippen molar-refractivity contribution in [2.45, 2.75) is 19.9 Å². The number of rotatable bonds is 5. The van der Waals surface area contributed by atoms with Crippen LogP contribution in [0.15, 0.2) is 24.3 Å². The van der Waals surface area contributed by atoms with Crippen LogP contribution in [0.2, 0.25) is 0 Å². The number of piperazine rings is 1. The van der Waals surface area contributed by atoms with E-state index < -0.39 is 5.97 Å². The molecule has 5 heteroatoms. The van der Waals surface area contributed by atoms with Gasteiger partial charge in [0.05, 0.1) is 18.7 Å². The molecule has 2 unspecified atom stereocenters. The summed E-state index contributed by atoms with van der Waals surface area (Å²) < 4.78 is 5.41. The third kappa shape index (κ3) is 3.47. The van der Waals surface area contributed by atoms with Crippen LogP contribution in [0.25, 0.3) is 0 Å². The van der Waals surface area contributed by atoms with Gasteiger partial charge >= 0.3 is 5.97 Å². The third-order valence-electron chi connectivity index (χ3n) is 4.43. The molecule has 0 radical (unpaired) electrons. The lowest BCUT2D eigenvalue weighted by molar-refractivity contribution is -0.143. The Bertz CT molecular complexity index is 484. The zero-order valence-corrected chi connectivity index (χ0v) is 13.0. The molecular weight excluding hydrogens is 268 g/mol. The molecule has 2 rings (SSSR count). The number of para-hydroxylation sites is 2. The van der Waals surface area contributed by atoms with E-state index in [1.54, 1.807) is 14.0 Å². The molecule has 21 heavy (non-hydrogen) atoms. The minimum absolute atomic E-state index is 0.0577. The minimum atomic E-state index is -0.727. The molecule has 0 amide bonds. The Hall–Kier alpha value is -1.75. The van der Waals surface area contributed by atoms with E-state index in [2.05, 4.69) is 15.9 Å². The molecular formula is C16H24N2O3. The van der Waals surface area contributed by atoms with Crippen molar-refractivity contribution >= 4 is 11.7 Å². The van der Waals surface area contributed by atoms with Crippen LogP contribution in [-0.4, -0.2) is 55.3 Å². The van der Waals surface area contributed by atoms with Crippen LogP contribution < -0.4 is 9.64 Å². The van der Waals surface area contributed by atoms with Gasteiger partial charge in [0.15, 0.2) is 0 Å². The van der Waals surface area contributed by atoms with E-state index in [-0.39, 0.29) is 12.0 Å². The number of hydrogen-bond acceptors (Lipinski definition) is 4. The molecule has 1 heterocycles. The first-order valence-corrected chi connectivity index (χ1v) is 7.39. The number of anilines is 1. The van der Waals surface area contributed by atoms with E-state index in [1.165, 1.54) is 0 Å². The van der Waals surface area contributed by atoms with Gasteiger partial charge in [0, 0.05) is 32.2 Å². The maximum Gasteiger partial charge on any atom is 0.307 e. The van der Waals surface area contributed by atoms with Crippen LogP contribution in [-0.2, 0) is 4.79 Å². The molecule has 1 N–H and O–H groups in total. The molecule has 116 valence electrons. The molecule has 1 aliphatic rings. The van der Waals surface area contributed by atoms with Gasteiger partial charge in [-0.25, -0.2) is 0 Å². The van der Waals surface area contributed by atoms with Gasteiger partial charge in [-0.1, -0.05) is 19.1 Å². The fourth-order valence-electron chi connectivity index (χ4n) is 2.78. The number of aliphatic carboxylic acids is 1. The smallest absolute Gasteiger partial charge is 0.307 e. The highest BCUT2D eigenvalue weighted by molar-refractivity contribution is 5.70. The van der Waals surface area contributed by atoms with Crippen molar-refractivity contribution in [2.24, 2.45) is 5.92 Å². The number of benzene rings is 1. The first kappa shape index (κ1) is 15.6. The molecule has 1 saturated heterocycles. The maximum atomic E-state index is 11.1. The number of ether oxygens (including phenoxy) is 1. The number of carboxylic acid groups (broad SMARTS) is 1. The second kappa shape index (κ2) is 6.80. The molecule has 2 atom stereocenters. The normalized spacial score (nSPS) is 19.1. The zero-order chi connectivity index (χ0) is 15.4. The quantitative estimate of drug-likeness (QED) is 0.898. The van der Waals surface area contributed by atoms with Crippen molar-refractivity contribution < 1.29 is 14.6 Å². The van der Waals surface area contributed by atoms with Crippen molar-refractivity contribution in [1.29, 1.82) is 0 Å². The van der Waals surface area contributed by atoms with Gasteiger partial charge in [0.2, 0.25) is 0 Å². The fourth-order valence-corrected chi connectivity index (χ4v) is 2.78. The molecule has 0 saturated carbocycles. The molecule has 0 aliphatic carbocycles. The van der Waals surface area contributed by atoms with Crippen LogP contribution in [0.5, 0.6) is 5.75 Å². The Labute approximate surface area is 126 Å². The number of carbonyl (C=O) groups is 1. The molecule has 0 spiro atoms. The van der Waals surface area contributed by atoms with Gasteiger partial charge in [-0.05, 0) is 19.1 Å². The monoisotopic (exact) mass is 292 g/mol. The topological polar surface area (TPSA) is 53.0 Å². The summed E-state index contributed by atoms with van der Waals surface area (Å²) in [7, 11) is 1.69. The Morgan fingerprint density at radius 2 is 1.81 bits per heavy atom. The third-order valence-corrected chi connectivity index (χ3v) is 4.43. The van der Waals surface area contributed by atoms with Crippen LogP contribution in [0.4, 0.5) is 5.69 Å². The zero-order valence-electron chi connectivity index (χ0n) is 13.0. The first-order chi connectivity index (χ1) is 10.0. The predicted octanol–water partition coefficient (Wildman–Crippen LogP) is 1.93. The average Bonchev–Trinajstić information content (AvgIpc) is 2.53. The van der Waals surface area contributed by atoms with Gasteiger partial charge in [-0.2, -0.15) is 0 Å². The Morgan fingerprint density at radius 1 is 1.19 bits per heavy atom. The number of hydrogen-bond donors (Lipinski definition) is 1. The summed E-state index contributed by atoms with van der Waals surface area (Å²) in [6, 6.07) is 8.07. The summed E-state index contributed by atoms with van der Waals surface area (Å²) >= 11 is 0. The Kier molecular flexibility index (Phi) is 5.07. The van der Waals surface area contributed by atoms with Crippen LogP contribution in [0, 0.1) is 5.92 Å². The number of carboxylic acids is 1. The molecule has 1 aliphatic heterocycles. The van der Waals surface area contributed by atoms with Crippen molar-refractivity contribution in [3.8, 4) is 5.75 Å². The molecule has 5 nitrogen and oxygen atoms in total. The highest BCUT2D eigenvalue weighted by Gasteiger charge is 2.28. The maximum absolute atomic E-state index is 11.1. The summed E-state index contributed by atoms with van der Waals surface area (Å²) in [6.45, 7) is 7.29. The van der Waals surface area contributed by atoms with E-state index in [1.807, 2.05) is 25.1 Å². The van der Waals surface area contributed by atoms with Crippen LogP contribution >= 0.6 is 0 Å². The van der Waals surface area contributed by atoms with Gasteiger partial charge in [0.25, 0.3) is 0 Å². The van der Waals surface area contributed by atoms with Gasteiger partial charge in [-0.15, -0.1) is 0 Å². The lowest BCUT2D eigenvalue weighted by Crippen LogP contribution is -2.52. The summed E-state index contributed by atoms with van der Waals surface area (Å²) in [4.78, 5) is 15.7. The molecule has 1 aromatic carbocycles. The van der Waals surface area contributed by atoms with Gasteiger partial charge < -0.3 is 14.7 Å². The standard InChI is InChI=1S/C16H24N2O3/c1-12(16(19)20)13(2)17-8-10-18(11-9-17)14-6-4-5-7-15(14)21-3/h4-7,12-13H,8-11H2,1-3H3,(H,19,20). The number of methoxy groups -OCH3 is 1. The van der Waals surface area contributed by atoms with E-state index in [0.717, 1.165) is 37.6 Å². The van der Waals surface area contributed by atoms with Crippen molar-refractivity contribution in [1.82, 2.24) is 4.90 Å². The second-order valence-electron chi connectivity index (χ2n) is 5.56. The summed E-state index contributed by atoms with van der Waals surface area (Å²) in [6.07, 6.45) is 0. The minimum Gasteiger partial charge on any atom is -0.495 e. The lowest BCUT2D eigenvalue weighted by Gasteiger charge is -2.40. The summed E-state index contributed by atoms with van der Waals surface area (Å²) in [5.74, 6) is -0.185. The number of nitrogens with zero attached hydrogens (tertiary/aromatic N) is 2. The summed E-state index contributed by atoms with van der Waals surface area (Å²) in [5, 5.41) is 9.13.